The lowest BCUT2D eigenvalue weighted by molar-refractivity contribution is -0.154. The molecule has 0 saturated heterocycles. The zero-order chi connectivity index (χ0) is 45.5. The van der Waals surface area contributed by atoms with E-state index in [0.717, 1.165) is 70.6 Å². The number of rotatable bonds is 51. The third-order valence-electron chi connectivity index (χ3n) is 12.0. The van der Waals surface area contributed by atoms with Crippen LogP contribution in [0.15, 0.2) is 72.9 Å². The largest absolute Gasteiger partial charge is 0.457 e. The molecule has 0 saturated carbocycles. The van der Waals surface area contributed by atoms with E-state index in [1.807, 2.05) is 0 Å². The molecule has 0 aliphatic rings. The fourth-order valence-electron chi connectivity index (χ4n) is 7.98. The molecule has 366 valence electrons. The van der Waals surface area contributed by atoms with E-state index < -0.39 is 6.10 Å². The number of carbonyl (C=O) groups is 1. The van der Waals surface area contributed by atoms with Crippen molar-refractivity contribution in [3.05, 3.63) is 72.9 Å². The van der Waals surface area contributed by atoms with Crippen LogP contribution in [-0.4, -0.2) is 37.0 Å². The molecule has 0 rings (SSSR count). The van der Waals surface area contributed by atoms with Crippen molar-refractivity contribution in [1.82, 2.24) is 0 Å². The molecule has 0 heterocycles. The summed E-state index contributed by atoms with van der Waals surface area (Å²) in [6, 6.07) is 0. The van der Waals surface area contributed by atoms with E-state index in [9.17, 15) is 9.90 Å². The zero-order valence-electron chi connectivity index (χ0n) is 42.1. The summed E-state index contributed by atoms with van der Waals surface area (Å²) in [5, 5.41) is 9.67. The van der Waals surface area contributed by atoms with Crippen LogP contribution >= 0.6 is 0 Å². The molecule has 4 heteroatoms. The minimum Gasteiger partial charge on any atom is -0.457 e. The molecule has 0 aromatic rings. The van der Waals surface area contributed by atoms with Crippen LogP contribution in [0, 0.1) is 0 Å². The van der Waals surface area contributed by atoms with Gasteiger partial charge in [0, 0.05) is 13.0 Å². The number of aliphatic hydroxyl groups is 1. The average Bonchev–Trinajstić information content (AvgIpc) is 3.29. The summed E-state index contributed by atoms with van der Waals surface area (Å²) < 4.78 is 11.2. The van der Waals surface area contributed by atoms with Crippen LogP contribution in [-0.2, 0) is 14.3 Å². The first-order valence-electron chi connectivity index (χ1n) is 27.5. The number of aliphatic hydroxyl groups excluding tert-OH is 1. The summed E-state index contributed by atoms with van der Waals surface area (Å²) in [6.45, 7) is 5.25. The summed E-state index contributed by atoms with van der Waals surface area (Å²) >= 11 is 0. The van der Waals surface area contributed by atoms with Crippen LogP contribution in [0.5, 0.6) is 0 Å². The van der Waals surface area contributed by atoms with Crippen molar-refractivity contribution in [2.45, 2.75) is 277 Å². The lowest BCUT2D eigenvalue weighted by atomic mass is 10.0. The Labute approximate surface area is 393 Å². The number of esters is 1. The Morgan fingerprint density at radius 3 is 1.08 bits per heavy atom. The Bertz CT molecular complexity index is 1070. The number of allylic oxidation sites excluding steroid dienone is 12. The lowest BCUT2D eigenvalue weighted by Crippen LogP contribution is -2.27. The van der Waals surface area contributed by atoms with Crippen LogP contribution in [0.3, 0.4) is 0 Å². The van der Waals surface area contributed by atoms with Crippen molar-refractivity contribution in [3.63, 3.8) is 0 Å². The van der Waals surface area contributed by atoms with E-state index in [1.165, 1.54) is 180 Å². The van der Waals surface area contributed by atoms with Crippen molar-refractivity contribution < 1.29 is 19.4 Å². The van der Waals surface area contributed by atoms with Crippen molar-refractivity contribution in [2.24, 2.45) is 0 Å². The van der Waals surface area contributed by atoms with Gasteiger partial charge >= 0.3 is 5.97 Å². The highest BCUT2D eigenvalue weighted by molar-refractivity contribution is 5.69. The van der Waals surface area contributed by atoms with E-state index in [1.54, 1.807) is 0 Å². The molecule has 0 amide bonds. The highest BCUT2D eigenvalue weighted by Crippen LogP contribution is 2.16. The fourth-order valence-corrected chi connectivity index (χ4v) is 7.98. The molecule has 0 aliphatic carbocycles. The van der Waals surface area contributed by atoms with Gasteiger partial charge in [-0.1, -0.05) is 273 Å². The Morgan fingerprint density at radius 1 is 0.397 bits per heavy atom. The molecule has 0 fully saturated rings. The van der Waals surface area contributed by atoms with Gasteiger partial charge in [-0.3, -0.25) is 4.79 Å². The molecule has 0 radical (unpaired) electrons. The highest BCUT2D eigenvalue weighted by Gasteiger charge is 2.13. The smallest absolute Gasteiger partial charge is 0.306 e. The van der Waals surface area contributed by atoms with Gasteiger partial charge in [-0.2, -0.15) is 0 Å². The van der Waals surface area contributed by atoms with Gasteiger partial charge in [-0.15, -0.1) is 0 Å². The van der Waals surface area contributed by atoms with Crippen molar-refractivity contribution in [1.29, 1.82) is 0 Å². The Kier molecular flexibility index (Phi) is 54.0. The van der Waals surface area contributed by atoms with E-state index in [-0.39, 0.29) is 12.6 Å². The second kappa shape index (κ2) is 56.0. The summed E-state index contributed by atoms with van der Waals surface area (Å²) in [5.41, 5.74) is 0. The predicted octanol–water partition coefficient (Wildman–Crippen LogP) is 18.9. The van der Waals surface area contributed by atoms with Gasteiger partial charge in [0.05, 0.1) is 13.2 Å². The molecular weight excluding hydrogens is 773 g/mol. The maximum absolute atomic E-state index is 12.3. The maximum Gasteiger partial charge on any atom is 0.306 e. The first-order chi connectivity index (χ1) is 31.2. The molecule has 0 spiro atoms. The highest BCUT2D eigenvalue weighted by atomic mass is 16.6. The van der Waals surface area contributed by atoms with Gasteiger partial charge < -0.3 is 14.6 Å². The number of hydrogen-bond acceptors (Lipinski definition) is 4. The maximum atomic E-state index is 12.3. The molecule has 0 aromatic heterocycles. The molecule has 0 bridgehead atoms. The minimum atomic E-state index is -0.546. The van der Waals surface area contributed by atoms with Crippen LogP contribution in [0.2, 0.25) is 0 Å². The monoisotopic (exact) mass is 879 g/mol. The molecule has 1 N–H and O–H groups in total. The topological polar surface area (TPSA) is 55.8 Å². The Morgan fingerprint density at radius 2 is 0.714 bits per heavy atom. The standard InChI is InChI=1S/C59H106O4/c1-3-5-7-9-11-13-15-17-19-21-23-25-27-29-31-33-35-37-39-41-43-45-47-49-51-53-55-62-57-58(56-60)63-59(61)54-52-50-48-46-44-42-40-38-36-34-32-30-28-26-24-22-20-18-16-14-12-10-8-6-4-2/h6,8,12,14,18,20,24,26,30,32,36,38,58,60H,3-5,7,9-11,13,15-17,19,21-23,25,27-29,31,33-35,37,39-57H2,1-2H3/b8-6-,14-12-,20-18-,26-24-,32-30-,38-36-. The van der Waals surface area contributed by atoms with Gasteiger partial charge in [0.15, 0.2) is 0 Å². The second-order valence-electron chi connectivity index (χ2n) is 18.3. The summed E-state index contributed by atoms with van der Waals surface area (Å²) in [6.07, 6.45) is 77.3. The quantitative estimate of drug-likeness (QED) is 0.0376. The van der Waals surface area contributed by atoms with Gasteiger partial charge in [0.25, 0.3) is 0 Å². The third kappa shape index (κ3) is 54.1. The van der Waals surface area contributed by atoms with Crippen LogP contribution < -0.4 is 0 Å². The molecular formula is C59H106O4. The van der Waals surface area contributed by atoms with Gasteiger partial charge in [-0.05, 0) is 64.2 Å². The first-order valence-corrected chi connectivity index (χ1v) is 27.5. The lowest BCUT2D eigenvalue weighted by Gasteiger charge is -2.16. The molecule has 0 aromatic carbocycles. The van der Waals surface area contributed by atoms with Crippen LogP contribution in [0.4, 0.5) is 0 Å². The summed E-state index contributed by atoms with van der Waals surface area (Å²) in [4.78, 5) is 12.3. The predicted molar refractivity (Wildman–Crippen MR) is 279 cm³/mol. The van der Waals surface area contributed by atoms with E-state index in [2.05, 4.69) is 86.8 Å². The van der Waals surface area contributed by atoms with E-state index in [4.69, 9.17) is 9.47 Å². The number of unbranched alkanes of at least 4 members (excludes halogenated alkanes) is 31. The molecule has 1 atom stereocenters. The first kappa shape index (κ1) is 60.8. The molecule has 4 nitrogen and oxygen atoms in total. The zero-order valence-corrected chi connectivity index (χ0v) is 42.1. The van der Waals surface area contributed by atoms with E-state index >= 15 is 0 Å². The Hall–Kier alpha value is -2.17. The number of carbonyl (C=O) groups excluding carboxylic acids is 1. The summed E-state index contributed by atoms with van der Waals surface area (Å²) in [7, 11) is 0. The normalized spacial score (nSPS) is 12.9. The average molecular weight is 879 g/mol. The third-order valence-corrected chi connectivity index (χ3v) is 12.0. The minimum absolute atomic E-state index is 0.179. The van der Waals surface area contributed by atoms with Crippen LogP contribution in [0.1, 0.15) is 271 Å². The number of ether oxygens (including phenoxy) is 2. The molecule has 0 aliphatic heterocycles. The van der Waals surface area contributed by atoms with Crippen molar-refractivity contribution >= 4 is 5.97 Å². The van der Waals surface area contributed by atoms with Gasteiger partial charge in [0.2, 0.25) is 0 Å². The van der Waals surface area contributed by atoms with Gasteiger partial charge in [-0.25, -0.2) is 0 Å². The van der Waals surface area contributed by atoms with Gasteiger partial charge in [0.1, 0.15) is 6.10 Å². The summed E-state index contributed by atoms with van der Waals surface area (Å²) in [5.74, 6) is -0.212. The van der Waals surface area contributed by atoms with Crippen LogP contribution in [0.25, 0.3) is 0 Å². The fraction of sp³-hybridized carbons (Fsp3) is 0.780. The second-order valence-corrected chi connectivity index (χ2v) is 18.3. The Balaban J connectivity index is 3.43. The van der Waals surface area contributed by atoms with E-state index in [0.29, 0.717) is 19.6 Å². The molecule has 1 unspecified atom stereocenters. The van der Waals surface area contributed by atoms with Crippen molar-refractivity contribution in [3.8, 4) is 0 Å². The van der Waals surface area contributed by atoms with Crippen molar-refractivity contribution in [2.75, 3.05) is 19.8 Å². The number of hydrogen-bond donors (Lipinski definition) is 1. The SMILES string of the molecule is CC/C=C\C/C=C\C/C=C\C/C=C\C/C=C\C/C=C\CCCCCCCCC(=O)OC(CO)COCCCCCCCCCCCCCCCCCCCCCCCCCCCC. The molecule has 63 heavy (non-hydrogen) atoms.